The summed E-state index contributed by atoms with van der Waals surface area (Å²) in [6.45, 7) is 0. The van der Waals surface area contributed by atoms with Crippen LogP contribution in [0.25, 0.3) is 0 Å². The number of benzene rings is 2. The minimum Gasteiger partial charge on any atom is -0.286 e. The van der Waals surface area contributed by atoms with E-state index in [1.54, 1.807) is 45.2 Å². The molecule has 0 aliphatic rings. The number of unbranched alkanes of at least 4 members (excludes halogenated alkanes) is 1. The van der Waals surface area contributed by atoms with Crippen LogP contribution in [0.3, 0.4) is 0 Å². The monoisotopic (exact) mass is 532 g/mol. The van der Waals surface area contributed by atoms with Gasteiger partial charge in [-0.25, -0.2) is 0 Å². The molecule has 0 aliphatic heterocycles. The van der Waals surface area contributed by atoms with Crippen LogP contribution in [-0.4, -0.2) is 7.58 Å². The van der Waals surface area contributed by atoms with Gasteiger partial charge in [0, 0.05) is 45.2 Å². The van der Waals surface area contributed by atoms with Gasteiger partial charge in [-0.05, 0) is 30.4 Å². The van der Waals surface area contributed by atoms with Crippen molar-refractivity contribution in [1.82, 2.24) is 0 Å². The van der Waals surface area contributed by atoms with Crippen molar-refractivity contribution in [3.63, 3.8) is 0 Å². The minimum atomic E-state index is -1.01. The number of carbonyl (C=O) groups is 2. The minimum absolute atomic E-state index is 0.0968. The van der Waals surface area contributed by atoms with Crippen LogP contribution >= 0.6 is 45.2 Å². The Labute approximate surface area is 164 Å². The van der Waals surface area contributed by atoms with Crippen LogP contribution in [0, 0.1) is 0 Å². The molecule has 0 aliphatic carbocycles. The first-order chi connectivity index (χ1) is 11.1. The number of rotatable bonds is 8. The van der Waals surface area contributed by atoms with E-state index in [2.05, 4.69) is 12.1 Å². The summed E-state index contributed by atoms with van der Waals surface area (Å²) in [6, 6.07) is 19.7. The van der Waals surface area contributed by atoms with Crippen LogP contribution in [0.15, 0.2) is 60.7 Å². The van der Waals surface area contributed by atoms with Crippen LogP contribution in [-0.2, 0) is 21.4 Å². The summed E-state index contributed by atoms with van der Waals surface area (Å²) in [5.41, 5.74) is 1.08. The van der Waals surface area contributed by atoms with Gasteiger partial charge in [0.2, 0.25) is 7.58 Å². The Morgan fingerprint density at radius 2 is 1.30 bits per heavy atom. The van der Waals surface area contributed by atoms with Crippen LogP contribution in [0.1, 0.15) is 30.4 Å². The topological polar surface area (TPSA) is 34.1 Å². The molecular weight excluding hydrogens is 514 g/mol. The molecule has 0 N–H and O–H groups in total. The molecule has 2 aromatic rings. The van der Waals surface area contributed by atoms with E-state index >= 15 is 0 Å². The van der Waals surface area contributed by atoms with Crippen molar-refractivity contribution < 1.29 is 9.59 Å². The molecule has 0 spiro atoms. The van der Waals surface area contributed by atoms with Crippen LogP contribution in [0.5, 0.6) is 0 Å². The normalized spacial score (nSPS) is 11.2. The molecule has 0 radical (unpaired) electrons. The van der Waals surface area contributed by atoms with Gasteiger partial charge in [0.1, 0.15) is 5.41 Å². The van der Waals surface area contributed by atoms with Gasteiger partial charge in [0.15, 0.2) is 0 Å². The molecule has 23 heavy (non-hydrogen) atoms. The summed E-state index contributed by atoms with van der Waals surface area (Å²) in [5.74, 6) is 0. The number of carbonyl (C=O) groups excluding carboxylic acids is 2. The van der Waals surface area contributed by atoms with E-state index in [1.807, 2.05) is 48.5 Å². The standard InChI is InChI=1S/C19H18I2O2/c20-17(22)19(18(21)23,16-12-5-2-6-13-16)14-8-7-11-15-9-3-1-4-10-15/h1-6,9-10,12-13H,7-8,11,14H2. The lowest BCUT2D eigenvalue weighted by atomic mass is 9.78. The lowest BCUT2D eigenvalue weighted by molar-refractivity contribution is -0.123. The van der Waals surface area contributed by atoms with Crippen molar-refractivity contribution in [2.75, 3.05) is 0 Å². The van der Waals surface area contributed by atoms with Crippen molar-refractivity contribution in [1.29, 1.82) is 0 Å². The lowest BCUT2D eigenvalue weighted by Gasteiger charge is -2.27. The van der Waals surface area contributed by atoms with E-state index in [9.17, 15) is 9.59 Å². The fraction of sp³-hybridized carbons (Fsp3) is 0.263. The van der Waals surface area contributed by atoms with E-state index in [-0.39, 0.29) is 7.58 Å². The third kappa shape index (κ3) is 4.62. The molecule has 0 saturated heterocycles. The van der Waals surface area contributed by atoms with E-state index in [1.165, 1.54) is 5.56 Å². The van der Waals surface area contributed by atoms with E-state index < -0.39 is 5.41 Å². The van der Waals surface area contributed by atoms with Crippen molar-refractivity contribution in [3.05, 3.63) is 71.8 Å². The fourth-order valence-corrected chi connectivity index (χ4v) is 4.90. The van der Waals surface area contributed by atoms with Crippen molar-refractivity contribution in [2.45, 2.75) is 31.1 Å². The average molecular weight is 532 g/mol. The first-order valence-corrected chi connectivity index (χ1v) is 9.72. The second kappa shape index (κ2) is 8.92. The fourth-order valence-electron chi connectivity index (χ4n) is 2.73. The Morgan fingerprint density at radius 3 is 1.83 bits per heavy atom. The van der Waals surface area contributed by atoms with E-state index in [0.29, 0.717) is 6.42 Å². The highest BCUT2D eigenvalue weighted by molar-refractivity contribution is 14.1. The lowest BCUT2D eigenvalue weighted by Crippen LogP contribution is -2.38. The maximum atomic E-state index is 12.3. The summed E-state index contributed by atoms with van der Waals surface area (Å²) < 4.78 is -0.194. The second-order valence-electron chi connectivity index (χ2n) is 5.51. The Balaban J connectivity index is 2.10. The Hall–Kier alpha value is -0.760. The van der Waals surface area contributed by atoms with Gasteiger partial charge in [-0.15, -0.1) is 0 Å². The van der Waals surface area contributed by atoms with Gasteiger partial charge < -0.3 is 0 Å². The van der Waals surface area contributed by atoms with E-state index in [0.717, 1.165) is 24.8 Å². The van der Waals surface area contributed by atoms with Gasteiger partial charge in [-0.3, -0.25) is 9.59 Å². The van der Waals surface area contributed by atoms with Gasteiger partial charge in [0.25, 0.3) is 0 Å². The zero-order valence-electron chi connectivity index (χ0n) is 12.7. The summed E-state index contributed by atoms with van der Waals surface area (Å²) >= 11 is 3.55. The molecule has 2 rings (SSSR count). The average Bonchev–Trinajstić information content (AvgIpc) is 2.56. The SMILES string of the molecule is O=C(I)C(CCCCc1ccccc1)(C(=O)I)c1ccccc1. The predicted octanol–water partition coefficient (Wildman–Crippen LogP) is 5.26. The number of aryl methyl sites for hydroxylation is 1. The maximum absolute atomic E-state index is 12.3. The van der Waals surface area contributed by atoms with Gasteiger partial charge in [0.05, 0.1) is 0 Å². The smallest absolute Gasteiger partial charge is 0.211 e. The highest BCUT2D eigenvalue weighted by atomic mass is 127. The summed E-state index contributed by atoms with van der Waals surface area (Å²) in [5, 5.41) is 0. The largest absolute Gasteiger partial charge is 0.286 e. The van der Waals surface area contributed by atoms with Crippen LogP contribution in [0.2, 0.25) is 0 Å². The van der Waals surface area contributed by atoms with Crippen molar-refractivity contribution in [2.24, 2.45) is 0 Å². The summed E-state index contributed by atoms with van der Waals surface area (Å²) in [7, 11) is 0. The molecule has 0 heterocycles. The molecular formula is C19H18I2O2. The molecule has 0 unspecified atom stereocenters. The van der Waals surface area contributed by atoms with Gasteiger partial charge in [-0.1, -0.05) is 67.1 Å². The van der Waals surface area contributed by atoms with Crippen LogP contribution in [0.4, 0.5) is 0 Å². The summed E-state index contributed by atoms with van der Waals surface area (Å²) in [4.78, 5) is 24.7. The zero-order valence-corrected chi connectivity index (χ0v) is 17.0. The molecule has 2 aromatic carbocycles. The van der Waals surface area contributed by atoms with Gasteiger partial charge in [-0.2, -0.15) is 0 Å². The van der Waals surface area contributed by atoms with Crippen molar-refractivity contribution in [3.8, 4) is 0 Å². The maximum Gasteiger partial charge on any atom is 0.211 e. The zero-order chi connectivity index (χ0) is 16.7. The second-order valence-corrected chi connectivity index (χ2v) is 7.47. The highest BCUT2D eigenvalue weighted by Crippen LogP contribution is 2.37. The molecule has 2 nitrogen and oxygen atoms in total. The first-order valence-electron chi connectivity index (χ1n) is 7.56. The number of hydrogen-bond acceptors (Lipinski definition) is 2. The van der Waals surface area contributed by atoms with E-state index in [4.69, 9.17) is 0 Å². The predicted molar refractivity (Wildman–Crippen MR) is 110 cm³/mol. The molecule has 0 amide bonds. The van der Waals surface area contributed by atoms with Gasteiger partial charge >= 0.3 is 0 Å². The Morgan fingerprint density at radius 1 is 0.783 bits per heavy atom. The van der Waals surface area contributed by atoms with Crippen LogP contribution < -0.4 is 0 Å². The molecule has 0 saturated carbocycles. The third-order valence-electron chi connectivity index (χ3n) is 4.05. The Bertz CT molecular complexity index is 640. The number of hydrogen-bond donors (Lipinski definition) is 0. The molecule has 0 atom stereocenters. The highest BCUT2D eigenvalue weighted by Gasteiger charge is 2.43. The molecule has 4 heteroatoms. The Kier molecular flexibility index (Phi) is 7.20. The number of halogens is 2. The molecule has 0 aromatic heterocycles. The quantitative estimate of drug-likeness (QED) is 0.201. The summed E-state index contributed by atoms with van der Waals surface area (Å²) in [6.07, 6.45) is 3.34. The third-order valence-corrected chi connectivity index (χ3v) is 5.89. The van der Waals surface area contributed by atoms with Crippen molar-refractivity contribution >= 4 is 52.8 Å². The molecule has 0 fully saturated rings. The molecule has 120 valence electrons. The molecule has 0 bridgehead atoms. The first kappa shape index (κ1) is 18.6.